The predicted octanol–water partition coefficient (Wildman–Crippen LogP) is 3.50. The molecule has 0 saturated carbocycles. The number of aromatic nitrogens is 1. The minimum atomic E-state index is -0.450. The van der Waals surface area contributed by atoms with Crippen molar-refractivity contribution in [3.8, 4) is 11.5 Å². The number of benzene rings is 1. The highest BCUT2D eigenvalue weighted by molar-refractivity contribution is 5.45. The van der Waals surface area contributed by atoms with Crippen LogP contribution in [0.3, 0.4) is 0 Å². The van der Waals surface area contributed by atoms with Gasteiger partial charge in [-0.2, -0.15) is 0 Å². The maximum atomic E-state index is 10.8. The monoisotopic (exact) mass is 287 g/mol. The second-order valence-corrected chi connectivity index (χ2v) is 4.74. The highest BCUT2D eigenvalue weighted by Crippen LogP contribution is 2.28. The van der Waals surface area contributed by atoms with Crippen LogP contribution in [0.2, 0.25) is 0 Å². The lowest BCUT2D eigenvalue weighted by Crippen LogP contribution is -2.10. The van der Waals surface area contributed by atoms with E-state index >= 15 is 0 Å². The van der Waals surface area contributed by atoms with Crippen molar-refractivity contribution in [1.29, 1.82) is 0 Å². The number of aryl methyl sites for hydroxylation is 1. The zero-order valence-electron chi connectivity index (χ0n) is 11.9. The highest BCUT2D eigenvalue weighted by Gasteiger charge is 2.11. The summed E-state index contributed by atoms with van der Waals surface area (Å²) >= 11 is 0. The number of non-ortho nitro benzene ring substituents is 1. The first kappa shape index (κ1) is 14.9. The van der Waals surface area contributed by atoms with Gasteiger partial charge in [-0.25, -0.2) is 0 Å². The molecule has 1 atom stereocenters. The number of nitrogens with zero attached hydrogens (tertiary/aromatic N) is 2. The van der Waals surface area contributed by atoms with Gasteiger partial charge < -0.3 is 10.5 Å². The summed E-state index contributed by atoms with van der Waals surface area (Å²) in [5.41, 5.74) is 7.50. The van der Waals surface area contributed by atoms with E-state index in [9.17, 15) is 10.1 Å². The lowest BCUT2D eigenvalue weighted by atomic mass is 10.1. The minimum Gasteiger partial charge on any atom is -0.455 e. The third kappa shape index (κ3) is 3.55. The Morgan fingerprint density at radius 1 is 1.38 bits per heavy atom. The predicted molar refractivity (Wildman–Crippen MR) is 79.4 cm³/mol. The van der Waals surface area contributed by atoms with Crippen molar-refractivity contribution in [2.75, 3.05) is 0 Å². The van der Waals surface area contributed by atoms with Crippen molar-refractivity contribution < 1.29 is 9.66 Å². The summed E-state index contributed by atoms with van der Waals surface area (Å²) in [6.45, 7) is 3.82. The smallest absolute Gasteiger partial charge is 0.273 e. The van der Waals surface area contributed by atoms with E-state index in [1.807, 2.05) is 13.8 Å². The van der Waals surface area contributed by atoms with Crippen LogP contribution in [-0.4, -0.2) is 9.91 Å². The first-order valence-electron chi connectivity index (χ1n) is 6.65. The van der Waals surface area contributed by atoms with Gasteiger partial charge in [-0.15, -0.1) is 0 Å². The fraction of sp³-hybridized carbons (Fsp3) is 0.267. The quantitative estimate of drug-likeness (QED) is 0.671. The van der Waals surface area contributed by atoms with Crippen molar-refractivity contribution in [3.05, 3.63) is 57.9 Å². The molecule has 110 valence electrons. The summed E-state index contributed by atoms with van der Waals surface area (Å²) in [6, 6.07) is 7.97. The van der Waals surface area contributed by atoms with Crippen molar-refractivity contribution >= 4 is 5.69 Å². The van der Waals surface area contributed by atoms with E-state index in [0.29, 0.717) is 11.5 Å². The fourth-order valence-electron chi connectivity index (χ4n) is 1.82. The van der Waals surface area contributed by atoms with E-state index < -0.39 is 4.92 Å². The molecular formula is C15H17N3O3. The van der Waals surface area contributed by atoms with Gasteiger partial charge in [-0.1, -0.05) is 6.92 Å². The molecule has 0 fully saturated rings. The topological polar surface area (TPSA) is 91.3 Å². The largest absolute Gasteiger partial charge is 0.455 e. The highest BCUT2D eigenvalue weighted by atomic mass is 16.6. The normalized spacial score (nSPS) is 12.0. The number of ether oxygens (including phenoxy) is 1. The standard InChI is InChI=1S/C15H17N3O3/c1-3-13(16)14-7-6-12(9-17-14)21-15-8-11(18(19)20)5-4-10(15)2/h4-9,13H,3,16H2,1-2H3/t13-/m1/s1. The van der Waals surface area contributed by atoms with Crippen LogP contribution in [0.5, 0.6) is 11.5 Å². The van der Waals surface area contributed by atoms with Crippen LogP contribution >= 0.6 is 0 Å². The molecule has 0 saturated heterocycles. The molecule has 0 aliphatic rings. The number of rotatable bonds is 5. The SMILES string of the molecule is CC[C@@H](N)c1ccc(Oc2cc([N+](=O)[O-])ccc2C)cn1. The van der Waals surface area contributed by atoms with E-state index in [1.165, 1.54) is 12.1 Å². The molecule has 0 amide bonds. The zero-order valence-corrected chi connectivity index (χ0v) is 11.9. The van der Waals surface area contributed by atoms with Crippen molar-refractivity contribution in [2.24, 2.45) is 5.73 Å². The third-order valence-electron chi connectivity index (χ3n) is 3.19. The number of nitro groups is 1. The Hall–Kier alpha value is -2.47. The molecule has 2 N–H and O–H groups in total. The first-order chi connectivity index (χ1) is 10.0. The van der Waals surface area contributed by atoms with E-state index in [2.05, 4.69) is 4.98 Å². The van der Waals surface area contributed by atoms with Crippen LogP contribution in [0, 0.1) is 17.0 Å². The molecule has 1 heterocycles. The Bertz CT molecular complexity index is 641. The molecule has 1 aromatic carbocycles. The number of nitro benzene ring substituents is 1. The van der Waals surface area contributed by atoms with Gasteiger partial charge in [0.1, 0.15) is 11.5 Å². The Labute approximate surface area is 122 Å². The Morgan fingerprint density at radius 3 is 2.71 bits per heavy atom. The molecule has 0 aliphatic carbocycles. The summed E-state index contributed by atoms with van der Waals surface area (Å²) in [5, 5.41) is 10.8. The van der Waals surface area contributed by atoms with Crippen molar-refractivity contribution in [3.63, 3.8) is 0 Å². The second-order valence-electron chi connectivity index (χ2n) is 4.74. The number of pyridine rings is 1. The van der Waals surface area contributed by atoms with Crippen LogP contribution in [0.25, 0.3) is 0 Å². The second kappa shape index (κ2) is 6.32. The summed E-state index contributed by atoms with van der Waals surface area (Å²) < 4.78 is 5.66. The molecule has 21 heavy (non-hydrogen) atoms. The molecule has 2 rings (SSSR count). The molecule has 0 spiro atoms. The summed E-state index contributed by atoms with van der Waals surface area (Å²) in [6.07, 6.45) is 2.38. The van der Waals surface area contributed by atoms with Crippen LogP contribution < -0.4 is 10.5 Å². The molecule has 0 aliphatic heterocycles. The van der Waals surface area contributed by atoms with Gasteiger partial charge in [0, 0.05) is 12.1 Å². The van der Waals surface area contributed by atoms with E-state index in [-0.39, 0.29) is 11.7 Å². The van der Waals surface area contributed by atoms with Crippen LogP contribution in [0.15, 0.2) is 36.5 Å². The Kier molecular flexibility index (Phi) is 4.49. The molecule has 1 aromatic heterocycles. The third-order valence-corrected chi connectivity index (χ3v) is 3.19. The molecular weight excluding hydrogens is 270 g/mol. The van der Waals surface area contributed by atoms with Gasteiger partial charge >= 0.3 is 0 Å². The maximum Gasteiger partial charge on any atom is 0.273 e. The lowest BCUT2D eigenvalue weighted by Gasteiger charge is -2.11. The van der Waals surface area contributed by atoms with Crippen LogP contribution in [-0.2, 0) is 0 Å². The molecule has 6 nitrogen and oxygen atoms in total. The fourth-order valence-corrected chi connectivity index (χ4v) is 1.82. The van der Waals surface area contributed by atoms with E-state index in [4.69, 9.17) is 10.5 Å². The van der Waals surface area contributed by atoms with Gasteiger partial charge in [0.25, 0.3) is 5.69 Å². The molecule has 0 bridgehead atoms. The molecule has 2 aromatic rings. The molecule has 0 radical (unpaired) electrons. The Morgan fingerprint density at radius 2 is 2.14 bits per heavy atom. The van der Waals surface area contributed by atoms with Gasteiger partial charge in [-0.05, 0) is 37.1 Å². The van der Waals surface area contributed by atoms with Gasteiger partial charge in [0.15, 0.2) is 0 Å². The van der Waals surface area contributed by atoms with Crippen molar-refractivity contribution in [1.82, 2.24) is 4.98 Å². The summed E-state index contributed by atoms with van der Waals surface area (Å²) in [5.74, 6) is 0.962. The maximum absolute atomic E-state index is 10.8. The number of hydrogen-bond acceptors (Lipinski definition) is 5. The van der Waals surface area contributed by atoms with E-state index in [0.717, 1.165) is 17.7 Å². The molecule has 0 unspecified atom stereocenters. The number of hydrogen-bond donors (Lipinski definition) is 1. The van der Waals surface area contributed by atoms with E-state index in [1.54, 1.807) is 24.4 Å². The minimum absolute atomic E-state index is 0.00631. The summed E-state index contributed by atoms with van der Waals surface area (Å²) in [4.78, 5) is 14.6. The number of nitrogens with two attached hydrogens (primary N) is 1. The first-order valence-corrected chi connectivity index (χ1v) is 6.65. The lowest BCUT2D eigenvalue weighted by molar-refractivity contribution is -0.384. The Balaban J connectivity index is 2.22. The van der Waals surface area contributed by atoms with Gasteiger partial charge in [0.05, 0.1) is 22.9 Å². The van der Waals surface area contributed by atoms with Gasteiger partial charge in [0.2, 0.25) is 0 Å². The zero-order chi connectivity index (χ0) is 15.4. The van der Waals surface area contributed by atoms with Crippen LogP contribution in [0.1, 0.15) is 30.6 Å². The van der Waals surface area contributed by atoms with Crippen LogP contribution in [0.4, 0.5) is 5.69 Å². The average Bonchev–Trinajstić information content (AvgIpc) is 2.49. The average molecular weight is 287 g/mol. The van der Waals surface area contributed by atoms with Crippen molar-refractivity contribution in [2.45, 2.75) is 26.3 Å². The summed E-state index contributed by atoms with van der Waals surface area (Å²) in [7, 11) is 0. The van der Waals surface area contributed by atoms with Gasteiger partial charge in [-0.3, -0.25) is 15.1 Å². The molecule has 6 heteroatoms.